The fourth-order valence-corrected chi connectivity index (χ4v) is 7.19. The van der Waals surface area contributed by atoms with Crippen LogP contribution in [0.2, 0.25) is 0 Å². The third kappa shape index (κ3) is 5.32. The van der Waals surface area contributed by atoms with E-state index in [0.29, 0.717) is 6.16 Å². The Labute approximate surface area is 149 Å². The molecule has 2 aliphatic rings. The number of hydrogen-bond acceptors (Lipinski definition) is 3. The first-order valence-corrected chi connectivity index (χ1v) is 12.2. The quantitative estimate of drug-likeness (QED) is 0.407. The third-order valence-electron chi connectivity index (χ3n) is 6.27. The third-order valence-corrected chi connectivity index (χ3v) is 8.46. The Kier molecular flexibility index (Phi) is 7.84. The van der Waals surface area contributed by atoms with Gasteiger partial charge in [0.05, 0.1) is 17.4 Å². The fourth-order valence-electron chi connectivity index (χ4n) is 4.46. The topological polar surface area (TPSA) is 35.5 Å². The van der Waals surface area contributed by atoms with Crippen LogP contribution in [0.1, 0.15) is 111 Å². The van der Waals surface area contributed by atoms with E-state index in [4.69, 9.17) is 9.05 Å². The van der Waals surface area contributed by atoms with Gasteiger partial charge in [-0.15, -0.1) is 0 Å². The highest BCUT2D eigenvalue weighted by atomic mass is 31.2. The molecular weight excluding hydrogens is 319 g/mol. The van der Waals surface area contributed by atoms with Crippen molar-refractivity contribution >= 4 is 7.60 Å². The average Bonchev–Trinajstić information content (AvgIpc) is 2.61. The maximum absolute atomic E-state index is 13.8. The van der Waals surface area contributed by atoms with Gasteiger partial charge in [-0.3, -0.25) is 4.57 Å². The maximum atomic E-state index is 13.8. The smallest absolute Gasteiger partial charge is 0.302 e. The molecule has 3 nitrogen and oxygen atoms in total. The molecule has 0 atom stereocenters. The van der Waals surface area contributed by atoms with Crippen molar-refractivity contribution in [2.75, 3.05) is 6.16 Å². The minimum absolute atomic E-state index is 0.203. The first-order valence-electron chi connectivity index (χ1n) is 10.5. The summed E-state index contributed by atoms with van der Waals surface area (Å²) in [5.41, 5.74) is -0.407. The Morgan fingerprint density at radius 3 is 1.50 bits per heavy atom. The summed E-state index contributed by atoms with van der Waals surface area (Å²) >= 11 is 0. The first kappa shape index (κ1) is 20.5. The predicted molar refractivity (Wildman–Crippen MR) is 102 cm³/mol. The van der Waals surface area contributed by atoms with Gasteiger partial charge in [-0.2, -0.15) is 0 Å². The molecule has 0 radical (unpaired) electrons. The zero-order chi connectivity index (χ0) is 17.5. The fraction of sp³-hybridized carbons (Fsp3) is 1.00. The largest absolute Gasteiger partial charge is 0.331 e. The number of rotatable bonds is 9. The molecule has 0 aromatic heterocycles. The number of unbranched alkanes of at least 4 members (excludes halogenated alkanes) is 1. The van der Waals surface area contributed by atoms with Crippen LogP contribution in [0.3, 0.4) is 0 Å². The van der Waals surface area contributed by atoms with Crippen molar-refractivity contribution in [1.82, 2.24) is 0 Å². The van der Waals surface area contributed by atoms with Gasteiger partial charge < -0.3 is 9.05 Å². The van der Waals surface area contributed by atoms with E-state index < -0.39 is 7.60 Å². The molecule has 2 saturated carbocycles. The van der Waals surface area contributed by atoms with Crippen LogP contribution in [-0.2, 0) is 13.6 Å². The predicted octanol–water partition coefficient (Wildman–Crippen LogP) is 7.24. The van der Waals surface area contributed by atoms with Crippen LogP contribution >= 0.6 is 7.60 Å². The Morgan fingerprint density at radius 1 is 0.750 bits per heavy atom. The van der Waals surface area contributed by atoms with Crippen LogP contribution < -0.4 is 0 Å². The Hall–Kier alpha value is 0.150. The number of hydrogen-bond donors (Lipinski definition) is 0. The molecule has 0 aromatic rings. The van der Waals surface area contributed by atoms with E-state index in [0.717, 1.165) is 51.4 Å². The molecule has 0 spiro atoms. The highest BCUT2D eigenvalue weighted by molar-refractivity contribution is 7.53. The van der Waals surface area contributed by atoms with Gasteiger partial charge in [-0.05, 0) is 44.9 Å². The van der Waals surface area contributed by atoms with E-state index in [1.165, 1.54) is 38.5 Å². The zero-order valence-corrected chi connectivity index (χ0v) is 17.2. The van der Waals surface area contributed by atoms with Gasteiger partial charge in [-0.25, -0.2) is 0 Å². The van der Waals surface area contributed by atoms with Crippen molar-refractivity contribution in [3.05, 3.63) is 0 Å². The summed E-state index contributed by atoms with van der Waals surface area (Å²) in [6, 6.07) is 0. The van der Waals surface area contributed by atoms with E-state index in [1.807, 2.05) is 0 Å². The molecule has 0 N–H and O–H groups in total. The van der Waals surface area contributed by atoms with Gasteiger partial charge in [0.25, 0.3) is 0 Å². The summed E-state index contributed by atoms with van der Waals surface area (Å²) < 4.78 is 26.8. The lowest BCUT2D eigenvalue weighted by Crippen LogP contribution is -2.38. The Balaban J connectivity index is 2.16. The van der Waals surface area contributed by atoms with Crippen molar-refractivity contribution in [1.29, 1.82) is 0 Å². The van der Waals surface area contributed by atoms with Gasteiger partial charge in [0.2, 0.25) is 0 Å². The van der Waals surface area contributed by atoms with Crippen molar-refractivity contribution in [3.63, 3.8) is 0 Å². The normalized spacial score (nSPS) is 24.0. The molecule has 0 aliphatic heterocycles. The van der Waals surface area contributed by atoms with Crippen LogP contribution in [0.15, 0.2) is 0 Å². The van der Waals surface area contributed by atoms with Gasteiger partial charge in [0, 0.05) is 0 Å². The van der Waals surface area contributed by atoms with Gasteiger partial charge in [-0.1, -0.05) is 65.7 Å². The van der Waals surface area contributed by atoms with Crippen LogP contribution in [0.4, 0.5) is 0 Å². The lowest BCUT2D eigenvalue weighted by molar-refractivity contribution is -0.0343. The van der Waals surface area contributed by atoms with Gasteiger partial charge >= 0.3 is 7.60 Å². The van der Waals surface area contributed by atoms with Crippen LogP contribution in [0, 0.1) is 0 Å². The second kappa shape index (κ2) is 9.19. The molecule has 0 bridgehead atoms. The Bertz CT molecular complexity index is 377. The second-order valence-electron chi connectivity index (χ2n) is 8.07. The molecule has 2 fully saturated rings. The summed E-state index contributed by atoms with van der Waals surface area (Å²) in [7, 11) is -3.04. The second-order valence-corrected chi connectivity index (χ2v) is 10.1. The van der Waals surface area contributed by atoms with Crippen molar-refractivity contribution in [2.45, 2.75) is 122 Å². The minimum atomic E-state index is -3.04. The Morgan fingerprint density at radius 2 is 1.17 bits per heavy atom. The van der Waals surface area contributed by atoms with Crippen LogP contribution in [-0.4, -0.2) is 17.4 Å². The van der Waals surface area contributed by atoms with Gasteiger partial charge in [0.15, 0.2) is 0 Å². The zero-order valence-electron chi connectivity index (χ0n) is 16.3. The summed E-state index contributed by atoms with van der Waals surface area (Å²) in [6.07, 6.45) is 16.0. The molecule has 0 heterocycles. The average molecular weight is 359 g/mol. The van der Waals surface area contributed by atoms with E-state index in [1.54, 1.807) is 0 Å². The highest BCUT2D eigenvalue weighted by Crippen LogP contribution is 2.60. The summed E-state index contributed by atoms with van der Waals surface area (Å²) in [5, 5.41) is 0. The first-order chi connectivity index (χ1) is 11.5. The monoisotopic (exact) mass is 358 g/mol. The highest BCUT2D eigenvalue weighted by Gasteiger charge is 2.44. The molecule has 2 rings (SSSR count). The van der Waals surface area contributed by atoms with Crippen molar-refractivity contribution in [3.8, 4) is 0 Å². The molecule has 2 aliphatic carbocycles. The standard InChI is InChI=1S/C20H39O3P/c1-4-7-18-24(21,22-19(5-2)14-10-8-11-15-19)23-20(6-3)16-12-9-13-17-20/h4-18H2,1-3H3. The van der Waals surface area contributed by atoms with Crippen LogP contribution in [0.5, 0.6) is 0 Å². The maximum Gasteiger partial charge on any atom is 0.331 e. The van der Waals surface area contributed by atoms with E-state index in [2.05, 4.69) is 20.8 Å². The molecule has 0 amide bonds. The molecule has 4 heteroatoms. The molecule has 24 heavy (non-hydrogen) atoms. The SMILES string of the molecule is CCCCP(=O)(OC1(CC)CCCCC1)OC1(CC)CCCCC1. The molecule has 0 unspecified atom stereocenters. The van der Waals surface area contributed by atoms with E-state index in [9.17, 15) is 4.57 Å². The summed E-state index contributed by atoms with van der Waals surface area (Å²) in [5.74, 6) is 0. The summed E-state index contributed by atoms with van der Waals surface area (Å²) in [6.45, 7) is 6.52. The molecule has 0 saturated heterocycles. The van der Waals surface area contributed by atoms with E-state index in [-0.39, 0.29) is 11.2 Å². The molecule has 142 valence electrons. The minimum Gasteiger partial charge on any atom is -0.302 e. The van der Waals surface area contributed by atoms with Gasteiger partial charge in [0.1, 0.15) is 0 Å². The lowest BCUT2D eigenvalue weighted by atomic mass is 9.83. The van der Waals surface area contributed by atoms with Crippen molar-refractivity contribution in [2.24, 2.45) is 0 Å². The summed E-state index contributed by atoms with van der Waals surface area (Å²) in [4.78, 5) is 0. The van der Waals surface area contributed by atoms with Crippen LogP contribution in [0.25, 0.3) is 0 Å². The van der Waals surface area contributed by atoms with Crippen molar-refractivity contribution < 1.29 is 13.6 Å². The molecule has 0 aromatic carbocycles. The van der Waals surface area contributed by atoms with E-state index >= 15 is 0 Å². The lowest BCUT2D eigenvalue weighted by Gasteiger charge is -2.43. The molecular formula is C20H39O3P.